The molecule has 0 saturated heterocycles. The van der Waals surface area contributed by atoms with Gasteiger partial charge in [0.05, 0.1) is 0 Å². The van der Waals surface area contributed by atoms with E-state index >= 15 is 0 Å². The Bertz CT molecular complexity index is 992. The van der Waals surface area contributed by atoms with E-state index in [2.05, 4.69) is 11.3 Å². The minimum atomic E-state index is -4.98. The van der Waals surface area contributed by atoms with E-state index in [-0.39, 0.29) is 5.39 Å². The van der Waals surface area contributed by atoms with Crippen LogP contribution in [0.4, 0.5) is 22.0 Å². The number of alkyl halides is 3. The molecule has 0 radical (unpaired) electrons. The Kier molecular flexibility index (Phi) is 5.17. The molecule has 3 aromatic carbocycles. The van der Waals surface area contributed by atoms with E-state index in [1.165, 1.54) is 30.3 Å². The summed E-state index contributed by atoms with van der Waals surface area (Å²) in [6.07, 6.45) is -1.83. The maximum Gasteiger partial charge on any atom is 0.573 e. The van der Waals surface area contributed by atoms with Gasteiger partial charge in [-0.3, -0.25) is 0 Å². The number of allylic oxidation sites excluding steroid dienone is 1. The van der Waals surface area contributed by atoms with Crippen LogP contribution in [0.25, 0.3) is 21.9 Å². The molecule has 140 valence electrons. The highest BCUT2D eigenvalue weighted by atomic mass is 19.4. The van der Waals surface area contributed by atoms with Crippen molar-refractivity contribution in [3.05, 3.63) is 78.4 Å². The summed E-state index contributed by atoms with van der Waals surface area (Å²) in [6.45, 7) is 3.63. The number of hydrogen-bond donors (Lipinski definition) is 0. The smallest absolute Gasteiger partial charge is 0.403 e. The van der Waals surface area contributed by atoms with Crippen molar-refractivity contribution >= 4 is 10.8 Å². The molecule has 6 heteroatoms. The number of halogens is 5. The minimum Gasteiger partial charge on any atom is -0.403 e. The molecule has 3 rings (SSSR count). The molecule has 0 atom stereocenters. The van der Waals surface area contributed by atoms with Crippen LogP contribution in [0.2, 0.25) is 0 Å². The lowest BCUT2D eigenvalue weighted by Crippen LogP contribution is -2.17. The summed E-state index contributed by atoms with van der Waals surface area (Å²) in [5.74, 6) is -2.44. The number of aryl methyl sites for hydroxylation is 1. The maximum absolute atomic E-state index is 14.4. The molecule has 0 bridgehead atoms. The second kappa shape index (κ2) is 7.39. The minimum absolute atomic E-state index is 0.0384. The highest BCUT2D eigenvalue weighted by Gasteiger charge is 2.32. The predicted octanol–water partition coefficient (Wildman–Crippen LogP) is 6.80. The third-order valence-corrected chi connectivity index (χ3v) is 4.13. The van der Waals surface area contributed by atoms with Gasteiger partial charge in [-0.05, 0) is 47.6 Å². The Morgan fingerprint density at radius 3 is 2.41 bits per heavy atom. The molecule has 0 heterocycles. The molecule has 27 heavy (non-hydrogen) atoms. The average molecular weight is 378 g/mol. The SMILES string of the molecule is C=CCCc1ccc(-c2ccc3c(F)c(OC(F)(F)F)ccc3c2)c(F)c1. The molecule has 0 aliphatic carbocycles. The number of hydrogen-bond acceptors (Lipinski definition) is 1. The van der Waals surface area contributed by atoms with Crippen molar-refractivity contribution in [3.8, 4) is 16.9 Å². The molecule has 0 unspecified atom stereocenters. The largest absolute Gasteiger partial charge is 0.573 e. The van der Waals surface area contributed by atoms with Crippen molar-refractivity contribution in [1.82, 2.24) is 0 Å². The van der Waals surface area contributed by atoms with Crippen LogP contribution in [0.5, 0.6) is 5.75 Å². The summed E-state index contributed by atoms with van der Waals surface area (Å²) in [4.78, 5) is 0. The van der Waals surface area contributed by atoms with E-state index in [4.69, 9.17) is 0 Å². The normalized spacial score (nSPS) is 11.6. The molecule has 0 saturated carbocycles. The molecule has 0 amide bonds. The first-order valence-electron chi connectivity index (χ1n) is 8.16. The molecule has 0 N–H and O–H groups in total. The van der Waals surface area contributed by atoms with Gasteiger partial charge in [0.1, 0.15) is 5.82 Å². The van der Waals surface area contributed by atoms with Crippen LogP contribution >= 0.6 is 0 Å². The van der Waals surface area contributed by atoms with Gasteiger partial charge in [-0.2, -0.15) is 0 Å². The first-order chi connectivity index (χ1) is 12.8. The topological polar surface area (TPSA) is 9.23 Å². The number of benzene rings is 3. The van der Waals surface area contributed by atoms with Crippen LogP contribution in [-0.2, 0) is 6.42 Å². The van der Waals surface area contributed by atoms with Gasteiger partial charge in [0.2, 0.25) is 0 Å². The van der Waals surface area contributed by atoms with Crippen molar-refractivity contribution in [2.45, 2.75) is 19.2 Å². The van der Waals surface area contributed by atoms with E-state index in [0.717, 1.165) is 18.1 Å². The highest BCUT2D eigenvalue weighted by molar-refractivity contribution is 5.89. The zero-order chi connectivity index (χ0) is 19.6. The molecular formula is C21H15F5O. The Morgan fingerprint density at radius 1 is 0.963 bits per heavy atom. The van der Waals surface area contributed by atoms with Gasteiger partial charge < -0.3 is 4.74 Å². The lowest BCUT2D eigenvalue weighted by Gasteiger charge is -2.12. The lowest BCUT2D eigenvalue weighted by atomic mass is 9.98. The van der Waals surface area contributed by atoms with Crippen LogP contribution in [0.1, 0.15) is 12.0 Å². The monoisotopic (exact) mass is 378 g/mol. The average Bonchev–Trinajstić information content (AvgIpc) is 2.61. The number of rotatable bonds is 5. The standard InChI is InChI=1S/C21H15F5O/c1-2-3-4-13-5-8-16(18(22)11-13)14-6-9-17-15(12-14)7-10-19(20(17)23)27-21(24,25)26/h2,5-12H,1,3-4H2. The Balaban J connectivity index is 1.98. The Morgan fingerprint density at radius 2 is 1.74 bits per heavy atom. The van der Waals surface area contributed by atoms with Gasteiger partial charge in [-0.15, -0.1) is 19.8 Å². The van der Waals surface area contributed by atoms with Crippen molar-refractivity contribution in [1.29, 1.82) is 0 Å². The van der Waals surface area contributed by atoms with Crippen molar-refractivity contribution in [3.63, 3.8) is 0 Å². The third-order valence-electron chi connectivity index (χ3n) is 4.13. The number of fused-ring (bicyclic) bond motifs is 1. The predicted molar refractivity (Wildman–Crippen MR) is 94.5 cm³/mol. The second-order valence-corrected chi connectivity index (χ2v) is 6.00. The van der Waals surface area contributed by atoms with Gasteiger partial charge in [-0.25, -0.2) is 8.78 Å². The fourth-order valence-corrected chi connectivity index (χ4v) is 2.86. The van der Waals surface area contributed by atoms with Gasteiger partial charge in [0.25, 0.3) is 0 Å². The first kappa shape index (κ1) is 18.9. The van der Waals surface area contributed by atoms with E-state index in [0.29, 0.717) is 22.9 Å². The van der Waals surface area contributed by atoms with Gasteiger partial charge >= 0.3 is 6.36 Å². The van der Waals surface area contributed by atoms with Crippen LogP contribution in [0.15, 0.2) is 61.2 Å². The zero-order valence-electron chi connectivity index (χ0n) is 14.1. The first-order valence-corrected chi connectivity index (χ1v) is 8.16. The van der Waals surface area contributed by atoms with Crippen LogP contribution in [-0.4, -0.2) is 6.36 Å². The lowest BCUT2D eigenvalue weighted by molar-refractivity contribution is -0.275. The van der Waals surface area contributed by atoms with Gasteiger partial charge in [-0.1, -0.05) is 36.4 Å². The summed E-state index contributed by atoms with van der Waals surface area (Å²) in [5.41, 5.74) is 1.66. The van der Waals surface area contributed by atoms with Crippen LogP contribution < -0.4 is 4.74 Å². The molecule has 0 spiro atoms. The Hall–Kier alpha value is -2.89. The fourth-order valence-electron chi connectivity index (χ4n) is 2.86. The van der Waals surface area contributed by atoms with Crippen molar-refractivity contribution < 1.29 is 26.7 Å². The van der Waals surface area contributed by atoms with Gasteiger partial charge in [0, 0.05) is 10.9 Å². The summed E-state index contributed by atoms with van der Waals surface area (Å²) in [5, 5.41) is 0.304. The van der Waals surface area contributed by atoms with E-state index in [1.807, 2.05) is 0 Å². The van der Waals surface area contributed by atoms with Gasteiger partial charge in [0.15, 0.2) is 11.6 Å². The summed E-state index contributed by atoms with van der Waals surface area (Å²) in [7, 11) is 0. The summed E-state index contributed by atoms with van der Waals surface area (Å²) < 4.78 is 69.4. The quantitative estimate of drug-likeness (QED) is 0.350. The third kappa shape index (κ3) is 4.27. The molecule has 3 aromatic rings. The molecule has 0 aliphatic heterocycles. The number of ether oxygens (including phenoxy) is 1. The van der Waals surface area contributed by atoms with E-state index < -0.39 is 23.7 Å². The fraction of sp³-hybridized carbons (Fsp3) is 0.143. The highest BCUT2D eigenvalue weighted by Crippen LogP contribution is 2.33. The van der Waals surface area contributed by atoms with E-state index in [9.17, 15) is 22.0 Å². The molecule has 1 nitrogen and oxygen atoms in total. The van der Waals surface area contributed by atoms with Crippen LogP contribution in [0, 0.1) is 11.6 Å². The summed E-state index contributed by atoms with van der Waals surface area (Å²) in [6, 6.07) is 11.4. The van der Waals surface area contributed by atoms with Crippen molar-refractivity contribution in [2.75, 3.05) is 0 Å². The maximum atomic E-state index is 14.4. The van der Waals surface area contributed by atoms with Crippen LogP contribution in [0.3, 0.4) is 0 Å². The van der Waals surface area contributed by atoms with Crippen molar-refractivity contribution in [2.24, 2.45) is 0 Å². The summed E-state index contributed by atoms with van der Waals surface area (Å²) >= 11 is 0. The second-order valence-electron chi connectivity index (χ2n) is 6.00. The molecular weight excluding hydrogens is 363 g/mol. The molecule has 0 fully saturated rings. The molecule has 0 aliphatic rings. The zero-order valence-corrected chi connectivity index (χ0v) is 14.1. The molecule has 0 aromatic heterocycles. The van der Waals surface area contributed by atoms with E-state index in [1.54, 1.807) is 18.2 Å². The Labute approximate surface area is 152 Å².